The van der Waals surface area contributed by atoms with Crippen LogP contribution >= 0.6 is 0 Å². The molecule has 0 saturated carbocycles. The summed E-state index contributed by atoms with van der Waals surface area (Å²) in [5.41, 5.74) is 1.32. The van der Waals surface area contributed by atoms with Gasteiger partial charge in [-0.3, -0.25) is 4.79 Å². The number of para-hydroxylation sites is 2. The van der Waals surface area contributed by atoms with Gasteiger partial charge >= 0.3 is 6.03 Å². The number of ether oxygens (including phenoxy) is 1. The number of nitrogens with zero attached hydrogens (tertiary/aromatic N) is 2. The molecule has 0 saturated heterocycles. The zero-order valence-electron chi connectivity index (χ0n) is 20.4. The van der Waals surface area contributed by atoms with Crippen molar-refractivity contribution in [3.63, 3.8) is 0 Å². The quantitative estimate of drug-likeness (QED) is 0.387. The van der Waals surface area contributed by atoms with Gasteiger partial charge in [0.2, 0.25) is 5.91 Å². The first kappa shape index (κ1) is 25.8. The molecule has 3 rings (SSSR count). The van der Waals surface area contributed by atoms with Gasteiger partial charge < -0.3 is 24.3 Å². The molecule has 0 bridgehead atoms. The zero-order chi connectivity index (χ0) is 25.2. The second-order valence-electron chi connectivity index (χ2n) is 8.17. The van der Waals surface area contributed by atoms with E-state index in [1.54, 1.807) is 29.2 Å². The van der Waals surface area contributed by atoms with E-state index in [1.165, 1.54) is 17.0 Å². The number of nitrogens with one attached hydrogen (secondary N) is 1. The van der Waals surface area contributed by atoms with Gasteiger partial charge in [0.05, 0.1) is 18.8 Å². The summed E-state index contributed by atoms with van der Waals surface area (Å²) >= 11 is 0. The van der Waals surface area contributed by atoms with Crippen molar-refractivity contribution in [1.29, 1.82) is 0 Å². The van der Waals surface area contributed by atoms with E-state index in [1.807, 2.05) is 45.0 Å². The van der Waals surface area contributed by atoms with Crippen LogP contribution in [0.25, 0.3) is 0 Å². The topological polar surface area (TPSA) is 75.0 Å². The van der Waals surface area contributed by atoms with Gasteiger partial charge in [0.1, 0.15) is 29.6 Å². The minimum Gasteiger partial charge on any atom is -0.492 e. The van der Waals surface area contributed by atoms with Gasteiger partial charge in [-0.15, -0.1) is 0 Å². The van der Waals surface area contributed by atoms with Crippen LogP contribution in [0.5, 0.6) is 5.75 Å². The average molecular weight is 482 g/mol. The first-order valence-corrected chi connectivity index (χ1v) is 11.7. The number of aryl methyl sites for hydroxylation is 1. The fourth-order valence-electron chi connectivity index (χ4n) is 3.63. The van der Waals surface area contributed by atoms with Crippen molar-refractivity contribution in [2.75, 3.05) is 25.0 Å². The van der Waals surface area contributed by atoms with E-state index in [2.05, 4.69) is 5.32 Å². The van der Waals surface area contributed by atoms with E-state index in [4.69, 9.17) is 9.15 Å². The normalized spacial score (nSPS) is 10.6. The Hall–Kier alpha value is -3.81. The third-order valence-corrected chi connectivity index (χ3v) is 5.32. The lowest BCUT2D eigenvalue weighted by atomic mass is 10.2. The highest BCUT2D eigenvalue weighted by Gasteiger charge is 2.23. The second kappa shape index (κ2) is 12.6. The first-order valence-electron chi connectivity index (χ1n) is 11.7. The SMILES string of the molecule is CCCN(CC(=O)N(Cc1ccc(F)cc1)Cc1ccc(C)o1)C(=O)Nc1ccccc1OCC. The lowest BCUT2D eigenvalue weighted by molar-refractivity contribution is -0.133. The van der Waals surface area contributed by atoms with Crippen LogP contribution in [-0.4, -0.2) is 41.4 Å². The summed E-state index contributed by atoms with van der Waals surface area (Å²) in [6.45, 7) is 6.90. The Morgan fingerprint density at radius 1 is 0.971 bits per heavy atom. The molecule has 35 heavy (non-hydrogen) atoms. The lowest BCUT2D eigenvalue weighted by Gasteiger charge is -2.27. The van der Waals surface area contributed by atoms with E-state index in [9.17, 15) is 14.0 Å². The number of benzene rings is 2. The van der Waals surface area contributed by atoms with Crippen LogP contribution in [0.2, 0.25) is 0 Å². The number of hydrogen-bond acceptors (Lipinski definition) is 4. The smallest absolute Gasteiger partial charge is 0.322 e. The second-order valence-corrected chi connectivity index (χ2v) is 8.17. The molecule has 8 heteroatoms. The van der Waals surface area contributed by atoms with Gasteiger partial charge in [-0.2, -0.15) is 0 Å². The minimum absolute atomic E-state index is 0.114. The average Bonchev–Trinajstić information content (AvgIpc) is 3.25. The van der Waals surface area contributed by atoms with Crippen molar-refractivity contribution in [1.82, 2.24) is 9.80 Å². The summed E-state index contributed by atoms with van der Waals surface area (Å²) < 4.78 is 24.6. The van der Waals surface area contributed by atoms with Crippen molar-refractivity contribution in [3.05, 3.63) is 83.6 Å². The van der Waals surface area contributed by atoms with Crippen molar-refractivity contribution in [2.45, 2.75) is 40.3 Å². The molecular formula is C27H32FN3O4. The summed E-state index contributed by atoms with van der Waals surface area (Å²) in [5.74, 6) is 1.36. The standard InChI is InChI=1S/C27H32FN3O4/c1-4-16-30(27(33)29-24-8-6-7-9-25(24)34-5-2)19-26(32)31(18-23-15-10-20(3)35-23)17-21-11-13-22(28)14-12-21/h6-15H,4-5,16-19H2,1-3H3,(H,29,33). The van der Waals surface area contributed by atoms with Crippen LogP contribution in [0, 0.1) is 12.7 Å². The van der Waals surface area contributed by atoms with Crippen molar-refractivity contribution < 1.29 is 23.1 Å². The van der Waals surface area contributed by atoms with E-state index < -0.39 is 0 Å². The fourth-order valence-corrected chi connectivity index (χ4v) is 3.63. The molecule has 0 aliphatic carbocycles. The summed E-state index contributed by atoms with van der Waals surface area (Å²) in [7, 11) is 0. The van der Waals surface area contributed by atoms with Gasteiger partial charge in [0.25, 0.3) is 0 Å². The van der Waals surface area contributed by atoms with E-state index in [-0.39, 0.29) is 37.4 Å². The molecule has 0 fully saturated rings. The summed E-state index contributed by atoms with van der Waals surface area (Å²) in [6.07, 6.45) is 0.684. The number of urea groups is 1. The number of carbonyl (C=O) groups excluding carboxylic acids is 2. The van der Waals surface area contributed by atoms with Gasteiger partial charge in [-0.05, 0) is 62.2 Å². The maximum absolute atomic E-state index is 13.4. The van der Waals surface area contributed by atoms with E-state index >= 15 is 0 Å². The maximum atomic E-state index is 13.4. The Morgan fingerprint density at radius 3 is 2.37 bits per heavy atom. The number of hydrogen-bond donors (Lipinski definition) is 1. The van der Waals surface area contributed by atoms with Crippen molar-refractivity contribution >= 4 is 17.6 Å². The fraction of sp³-hybridized carbons (Fsp3) is 0.333. The monoisotopic (exact) mass is 481 g/mol. The van der Waals surface area contributed by atoms with Crippen molar-refractivity contribution in [2.24, 2.45) is 0 Å². The molecular weight excluding hydrogens is 449 g/mol. The van der Waals surface area contributed by atoms with E-state index in [0.717, 1.165) is 11.3 Å². The molecule has 3 amide bonds. The predicted octanol–water partition coefficient (Wildman–Crippen LogP) is 5.60. The molecule has 0 atom stereocenters. The number of rotatable bonds is 11. The lowest BCUT2D eigenvalue weighted by Crippen LogP contribution is -2.44. The predicted molar refractivity (Wildman–Crippen MR) is 133 cm³/mol. The van der Waals surface area contributed by atoms with Crippen LogP contribution in [0.4, 0.5) is 14.9 Å². The summed E-state index contributed by atoms with van der Waals surface area (Å²) in [5, 5.41) is 2.86. The Kier molecular flexibility index (Phi) is 9.29. The molecule has 0 spiro atoms. The number of carbonyl (C=O) groups is 2. The van der Waals surface area contributed by atoms with Gasteiger partial charge in [0, 0.05) is 13.1 Å². The van der Waals surface area contributed by atoms with Gasteiger partial charge in [0.15, 0.2) is 0 Å². The maximum Gasteiger partial charge on any atom is 0.322 e. The third-order valence-electron chi connectivity index (χ3n) is 5.32. The third kappa shape index (κ3) is 7.60. The molecule has 1 N–H and O–H groups in total. The molecule has 3 aromatic rings. The highest BCUT2D eigenvalue weighted by atomic mass is 19.1. The zero-order valence-corrected chi connectivity index (χ0v) is 20.4. The Balaban J connectivity index is 1.76. The van der Waals surface area contributed by atoms with Gasteiger partial charge in [-0.1, -0.05) is 31.2 Å². The first-order chi connectivity index (χ1) is 16.9. The highest BCUT2D eigenvalue weighted by Crippen LogP contribution is 2.24. The minimum atomic E-state index is -0.386. The molecule has 0 radical (unpaired) electrons. The molecule has 1 heterocycles. The molecule has 0 unspecified atom stereocenters. The molecule has 0 aliphatic rings. The summed E-state index contributed by atoms with van der Waals surface area (Å²) in [6, 6.07) is 16.5. The Morgan fingerprint density at radius 2 is 1.71 bits per heavy atom. The number of furan rings is 1. The van der Waals surface area contributed by atoms with Crippen LogP contribution in [0.1, 0.15) is 37.4 Å². The van der Waals surface area contributed by atoms with Crippen molar-refractivity contribution in [3.8, 4) is 5.75 Å². The summed E-state index contributed by atoms with van der Waals surface area (Å²) in [4.78, 5) is 29.6. The van der Waals surface area contributed by atoms with Crippen LogP contribution in [0.15, 0.2) is 65.1 Å². The Labute approximate surface area is 205 Å². The van der Waals surface area contributed by atoms with Crippen LogP contribution < -0.4 is 10.1 Å². The largest absolute Gasteiger partial charge is 0.492 e. The number of anilines is 1. The number of halogens is 1. The van der Waals surface area contributed by atoms with E-state index in [0.29, 0.717) is 36.8 Å². The van der Waals surface area contributed by atoms with Gasteiger partial charge in [-0.25, -0.2) is 9.18 Å². The van der Waals surface area contributed by atoms with Crippen LogP contribution in [-0.2, 0) is 17.9 Å². The molecule has 186 valence electrons. The van der Waals surface area contributed by atoms with Crippen LogP contribution in [0.3, 0.4) is 0 Å². The Bertz CT molecular complexity index is 1110. The highest BCUT2D eigenvalue weighted by molar-refractivity contribution is 5.93. The molecule has 7 nitrogen and oxygen atoms in total. The molecule has 0 aliphatic heterocycles. The number of amides is 3. The molecule has 1 aromatic heterocycles. The molecule has 2 aromatic carbocycles.